The maximum Gasteiger partial charge on any atom is 0.350 e. The lowest BCUT2D eigenvalue weighted by atomic mass is 10.3. The van der Waals surface area contributed by atoms with Gasteiger partial charge in [-0.3, -0.25) is 4.40 Å². The molecule has 0 saturated carbocycles. The minimum absolute atomic E-state index is 0.103. The molecule has 0 aliphatic rings. The maximum absolute atomic E-state index is 11.3. The number of hydrogen-bond acceptors (Lipinski definition) is 2. The average Bonchev–Trinajstić information content (AvgIpc) is 2.48. The van der Waals surface area contributed by atoms with E-state index >= 15 is 0 Å². The van der Waals surface area contributed by atoms with Crippen molar-refractivity contribution in [3.8, 4) is 0 Å². The van der Waals surface area contributed by atoms with Crippen LogP contribution in [0, 0.1) is 6.92 Å². The molecular weight excluding hydrogens is 178 g/mol. The van der Waals surface area contributed by atoms with Crippen LogP contribution in [0.25, 0.3) is 5.65 Å². The van der Waals surface area contributed by atoms with Crippen LogP contribution >= 0.6 is 0 Å². The standard InChI is InChI=1S/C8H9N3O.C2H6/c1-6-3-4-7-9-10(2)8(12)11(7)5-6;1-2/h3-5H,1-2H3;1-2H3. The summed E-state index contributed by atoms with van der Waals surface area (Å²) in [6.07, 6.45) is 1.78. The first-order valence-electron chi connectivity index (χ1n) is 4.70. The third-order valence-electron chi connectivity index (χ3n) is 1.81. The lowest BCUT2D eigenvalue weighted by molar-refractivity contribution is 0.732. The Kier molecular flexibility index (Phi) is 3.06. The zero-order chi connectivity index (χ0) is 10.7. The molecule has 0 radical (unpaired) electrons. The zero-order valence-electron chi connectivity index (χ0n) is 8.98. The Morgan fingerprint density at radius 2 is 1.93 bits per heavy atom. The number of rotatable bonds is 0. The molecule has 0 saturated heterocycles. The Balaban J connectivity index is 0.000000461. The van der Waals surface area contributed by atoms with Crippen molar-refractivity contribution >= 4 is 5.65 Å². The van der Waals surface area contributed by atoms with E-state index in [0.29, 0.717) is 5.65 Å². The molecule has 0 aliphatic carbocycles. The third kappa shape index (κ3) is 1.69. The van der Waals surface area contributed by atoms with Crippen LogP contribution in [0.1, 0.15) is 19.4 Å². The zero-order valence-corrected chi connectivity index (χ0v) is 8.98. The van der Waals surface area contributed by atoms with Crippen molar-refractivity contribution in [1.82, 2.24) is 14.2 Å². The highest BCUT2D eigenvalue weighted by Crippen LogP contribution is 1.99. The highest BCUT2D eigenvalue weighted by molar-refractivity contribution is 5.37. The van der Waals surface area contributed by atoms with Crippen LogP contribution in [-0.4, -0.2) is 14.2 Å². The van der Waals surface area contributed by atoms with Gasteiger partial charge in [-0.1, -0.05) is 19.9 Å². The van der Waals surface area contributed by atoms with Gasteiger partial charge >= 0.3 is 5.69 Å². The predicted molar refractivity (Wildman–Crippen MR) is 56.5 cm³/mol. The van der Waals surface area contributed by atoms with Gasteiger partial charge in [0.25, 0.3) is 0 Å². The smallest absolute Gasteiger partial charge is 0.250 e. The van der Waals surface area contributed by atoms with Crippen LogP contribution in [0.15, 0.2) is 23.1 Å². The molecule has 14 heavy (non-hydrogen) atoms. The summed E-state index contributed by atoms with van der Waals surface area (Å²) in [6.45, 7) is 5.94. The summed E-state index contributed by atoms with van der Waals surface area (Å²) in [4.78, 5) is 11.3. The molecule has 0 spiro atoms. The van der Waals surface area contributed by atoms with Gasteiger partial charge in [0.2, 0.25) is 0 Å². The molecule has 0 aromatic carbocycles. The molecule has 2 rings (SSSR count). The van der Waals surface area contributed by atoms with Crippen molar-refractivity contribution < 1.29 is 0 Å². The maximum atomic E-state index is 11.3. The molecule has 2 aromatic heterocycles. The lowest BCUT2D eigenvalue weighted by Gasteiger charge is -1.90. The minimum atomic E-state index is -0.103. The van der Waals surface area contributed by atoms with Crippen LogP contribution in [0.2, 0.25) is 0 Å². The molecule has 0 unspecified atom stereocenters. The van der Waals surface area contributed by atoms with E-state index < -0.39 is 0 Å². The normalized spacial score (nSPS) is 9.71. The van der Waals surface area contributed by atoms with Crippen LogP contribution in [0.5, 0.6) is 0 Å². The van der Waals surface area contributed by atoms with Crippen molar-refractivity contribution in [2.45, 2.75) is 20.8 Å². The minimum Gasteiger partial charge on any atom is -0.250 e. The van der Waals surface area contributed by atoms with Crippen LogP contribution in [0.4, 0.5) is 0 Å². The van der Waals surface area contributed by atoms with Gasteiger partial charge in [0.1, 0.15) is 0 Å². The Bertz CT molecular complexity index is 482. The van der Waals surface area contributed by atoms with Crippen molar-refractivity contribution in [3.05, 3.63) is 34.4 Å². The van der Waals surface area contributed by atoms with Gasteiger partial charge in [-0.25, -0.2) is 9.48 Å². The molecule has 2 aromatic rings. The third-order valence-corrected chi connectivity index (χ3v) is 1.81. The van der Waals surface area contributed by atoms with Crippen LogP contribution < -0.4 is 5.69 Å². The summed E-state index contributed by atoms with van der Waals surface area (Å²) in [7, 11) is 1.64. The first-order valence-corrected chi connectivity index (χ1v) is 4.70. The second-order valence-electron chi connectivity index (χ2n) is 2.84. The van der Waals surface area contributed by atoms with Crippen molar-refractivity contribution in [2.75, 3.05) is 0 Å². The number of nitrogens with zero attached hydrogens (tertiary/aromatic N) is 3. The first kappa shape index (κ1) is 10.5. The second kappa shape index (κ2) is 4.09. The van der Waals surface area contributed by atoms with E-state index in [1.54, 1.807) is 13.2 Å². The summed E-state index contributed by atoms with van der Waals surface area (Å²) in [5.74, 6) is 0. The summed E-state index contributed by atoms with van der Waals surface area (Å²) in [6, 6.07) is 3.76. The van der Waals surface area contributed by atoms with E-state index in [1.165, 1.54) is 9.08 Å². The molecule has 4 heteroatoms. The number of aryl methyl sites for hydroxylation is 2. The fourth-order valence-electron chi connectivity index (χ4n) is 1.19. The van der Waals surface area contributed by atoms with Crippen LogP contribution in [-0.2, 0) is 7.05 Å². The largest absolute Gasteiger partial charge is 0.350 e. The molecule has 76 valence electrons. The quantitative estimate of drug-likeness (QED) is 0.634. The molecule has 0 atom stereocenters. The van der Waals surface area contributed by atoms with Crippen molar-refractivity contribution in [3.63, 3.8) is 0 Å². The monoisotopic (exact) mass is 193 g/mol. The molecule has 2 heterocycles. The first-order chi connectivity index (χ1) is 6.68. The van der Waals surface area contributed by atoms with E-state index in [-0.39, 0.29) is 5.69 Å². The molecule has 0 amide bonds. The molecule has 0 bridgehead atoms. The Labute approximate surface area is 82.8 Å². The van der Waals surface area contributed by atoms with Gasteiger partial charge in [-0.15, -0.1) is 0 Å². The average molecular weight is 193 g/mol. The number of pyridine rings is 1. The molecule has 0 N–H and O–H groups in total. The second-order valence-corrected chi connectivity index (χ2v) is 2.84. The molecule has 0 fully saturated rings. The van der Waals surface area contributed by atoms with E-state index in [4.69, 9.17) is 0 Å². The van der Waals surface area contributed by atoms with Gasteiger partial charge in [0, 0.05) is 13.2 Å². The summed E-state index contributed by atoms with van der Waals surface area (Å²) < 4.78 is 2.87. The topological polar surface area (TPSA) is 39.3 Å². The molecule has 4 nitrogen and oxygen atoms in total. The number of aromatic nitrogens is 3. The fourth-order valence-corrected chi connectivity index (χ4v) is 1.19. The van der Waals surface area contributed by atoms with E-state index in [1.807, 2.05) is 32.9 Å². The summed E-state index contributed by atoms with van der Waals surface area (Å²) >= 11 is 0. The van der Waals surface area contributed by atoms with Crippen LogP contribution in [0.3, 0.4) is 0 Å². The van der Waals surface area contributed by atoms with Crippen molar-refractivity contribution in [1.29, 1.82) is 0 Å². The predicted octanol–water partition coefficient (Wildman–Crippen LogP) is 1.37. The van der Waals surface area contributed by atoms with Gasteiger partial charge in [-0.05, 0) is 18.6 Å². The highest BCUT2D eigenvalue weighted by Gasteiger charge is 2.01. The van der Waals surface area contributed by atoms with E-state index in [0.717, 1.165) is 5.56 Å². The van der Waals surface area contributed by atoms with E-state index in [9.17, 15) is 4.79 Å². The van der Waals surface area contributed by atoms with Gasteiger partial charge in [-0.2, -0.15) is 5.10 Å². The fraction of sp³-hybridized carbons (Fsp3) is 0.400. The van der Waals surface area contributed by atoms with Gasteiger partial charge in [0.05, 0.1) is 0 Å². The Morgan fingerprint density at radius 1 is 1.29 bits per heavy atom. The summed E-state index contributed by atoms with van der Waals surface area (Å²) in [5, 5.41) is 4.02. The van der Waals surface area contributed by atoms with Gasteiger partial charge < -0.3 is 0 Å². The number of hydrogen-bond donors (Lipinski definition) is 0. The molecule has 0 aliphatic heterocycles. The van der Waals surface area contributed by atoms with Crippen molar-refractivity contribution in [2.24, 2.45) is 7.05 Å². The van der Waals surface area contributed by atoms with E-state index in [2.05, 4.69) is 5.10 Å². The Morgan fingerprint density at radius 3 is 2.57 bits per heavy atom. The SMILES string of the molecule is CC.Cc1ccc2nn(C)c(=O)n2c1. The highest BCUT2D eigenvalue weighted by atomic mass is 16.2. The van der Waals surface area contributed by atoms with Gasteiger partial charge in [0.15, 0.2) is 5.65 Å². The number of fused-ring (bicyclic) bond motifs is 1. The lowest BCUT2D eigenvalue weighted by Crippen LogP contribution is -2.17. The molecular formula is C10H15N3O. The summed E-state index contributed by atoms with van der Waals surface area (Å²) in [5.41, 5.74) is 1.64. The Hall–Kier alpha value is -1.58.